The molecular weight excluding hydrogens is 526 g/mol. The molecule has 4 saturated heterocycles. The molecule has 6 aliphatic heterocycles. The summed E-state index contributed by atoms with van der Waals surface area (Å²) in [7, 11) is 2.17. The lowest BCUT2D eigenvalue weighted by Gasteiger charge is -2.55. The second-order valence-corrected chi connectivity index (χ2v) is 12.8. The topological polar surface area (TPSA) is 57.2 Å². The summed E-state index contributed by atoms with van der Waals surface area (Å²) in [5.74, 6) is 0.647. The predicted octanol–water partition coefficient (Wildman–Crippen LogP) is 3.70. The van der Waals surface area contributed by atoms with Crippen LogP contribution in [0.15, 0.2) is 24.4 Å². The van der Waals surface area contributed by atoms with Crippen LogP contribution < -0.4 is 9.80 Å². The van der Waals surface area contributed by atoms with Crippen LogP contribution in [0.1, 0.15) is 53.8 Å². The molecule has 0 amide bonds. The van der Waals surface area contributed by atoms with Gasteiger partial charge < -0.3 is 24.2 Å². The second-order valence-electron chi connectivity index (χ2n) is 12.8. The van der Waals surface area contributed by atoms with Crippen molar-refractivity contribution in [1.82, 2.24) is 19.8 Å². The number of piperazine rings is 1. The third kappa shape index (κ3) is 3.90. The molecule has 0 aromatic carbocycles. The number of hydrogen-bond donors (Lipinski definition) is 0. The maximum absolute atomic E-state index is 14.5. The van der Waals surface area contributed by atoms with Crippen molar-refractivity contribution < 1.29 is 18.3 Å². The molecule has 0 bridgehead atoms. The normalized spacial score (nSPS) is 28.3. The first-order chi connectivity index (χ1) is 19.9. The van der Waals surface area contributed by atoms with Crippen molar-refractivity contribution in [3.63, 3.8) is 0 Å². The molecule has 10 heteroatoms. The summed E-state index contributed by atoms with van der Waals surface area (Å²) in [5, 5.41) is 0. The first-order valence-corrected chi connectivity index (χ1v) is 15.1. The maximum Gasteiger partial charge on any atom is 0.281 e. The van der Waals surface area contributed by atoms with Crippen molar-refractivity contribution in [3.05, 3.63) is 52.5 Å². The van der Waals surface area contributed by atoms with Crippen molar-refractivity contribution in [2.75, 3.05) is 75.9 Å². The molecule has 2 spiro atoms. The van der Waals surface area contributed by atoms with Crippen molar-refractivity contribution in [3.8, 4) is 0 Å². The number of anilines is 2. The van der Waals surface area contributed by atoms with E-state index in [1.165, 1.54) is 11.1 Å². The minimum absolute atomic E-state index is 0.106. The second kappa shape index (κ2) is 9.42. The maximum atomic E-state index is 14.5. The number of nitrogens with zero attached hydrogens (tertiary/aromatic N) is 6. The van der Waals surface area contributed by atoms with Gasteiger partial charge in [0.1, 0.15) is 17.1 Å². The molecule has 41 heavy (non-hydrogen) atoms. The van der Waals surface area contributed by atoms with Crippen LogP contribution in [0.4, 0.5) is 20.3 Å². The van der Waals surface area contributed by atoms with Crippen LogP contribution in [0.3, 0.4) is 0 Å². The van der Waals surface area contributed by atoms with E-state index >= 15 is 0 Å². The summed E-state index contributed by atoms with van der Waals surface area (Å²) < 4.78 is 41.4. The first kappa shape index (κ1) is 26.0. The number of alkyl halides is 2. The van der Waals surface area contributed by atoms with E-state index in [-0.39, 0.29) is 5.69 Å². The Balaban J connectivity index is 1.07. The Morgan fingerprint density at radius 2 is 1.80 bits per heavy atom. The molecule has 0 N–H and O–H groups in total. The molecule has 8 rings (SSSR count). The molecule has 6 aliphatic rings. The summed E-state index contributed by atoms with van der Waals surface area (Å²) in [5.41, 5.74) is 3.92. The minimum Gasteiger partial charge on any atom is -0.374 e. The number of hydrogen-bond acceptors (Lipinski definition) is 8. The van der Waals surface area contributed by atoms with E-state index in [9.17, 15) is 8.78 Å². The largest absolute Gasteiger partial charge is 0.374 e. The van der Waals surface area contributed by atoms with Crippen molar-refractivity contribution >= 4 is 17.6 Å². The van der Waals surface area contributed by atoms with Gasteiger partial charge in [-0.2, -0.15) is 0 Å². The molecule has 0 saturated carbocycles. The van der Waals surface area contributed by atoms with E-state index in [4.69, 9.17) is 14.5 Å². The molecule has 2 unspecified atom stereocenters. The van der Waals surface area contributed by atoms with Gasteiger partial charge in [0.2, 0.25) is 0 Å². The fourth-order valence-corrected chi connectivity index (χ4v) is 8.10. The van der Waals surface area contributed by atoms with E-state index < -0.39 is 17.6 Å². The monoisotopic (exact) mass is 564 g/mol. The van der Waals surface area contributed by atoms with Gasteiger partial charge in [-0.15, -0.1) is 0 Å². The van der Waals surface area contributed by atoms with Crippen LogP contribution in [-0.2, 0) is 20.7 Å². The van der Waals surface area contributed by atoms with Gasteiger partial charge in [-0.3, -0.25) is 9.88 Å². The van der Waals surface area contributed by atoms with Gasteiger partial charge >= 0.3 is 0 Å². The van der Waals surface area contributed by atoms with Gasteiger partial charge in [0.25, 0.3) is 6.43 Å². The van der Waals surface area contributed by atoms with E-state index in [0.717, 1.165) is 63.4 Å². The Hall–Kier alpha value is -2.66. The number of likely N-dealkylation sites (N-methyl/N-ethyl adjacent to an activating group) is 1. The fourth-order valence-electron chi connectivity index (χ4n) is 8.10. The summed E-state index contributed by atoms with van der Waals surface area (Å²) in [6.07, 6.45) is 5.58. The molecule has 218 valence electrons. The van der Waals surface area contributed by atoms with Gasteiger partial charge in [-0.25, -0.2) is 13.8 Å². The van der Waals surface area contributed by atoms with Gasteiger partial charge in [0, 0.05) is 81.3 Å². The molecule has 8 heterocycles. The van der Waals surface area contributed by atoms with Gasteiger partial charge in [0.05, 0.1) is 24.6 Å². The number of fused-ring (bicyclic) bond motifs is 6. The van der Waals surface area contributed by atoms with Crippen molar-refractivity contribution in [2.24, 2.45) is 0 Å². The van der Waals surface area contributed by atoms with Gasteiger partial charge in [0.15, 0.2) is 5.60 Å². The Morgan fingerprint density at radius 1 is 1.02 bits per heavy atom. The molecular formula is C31H38F2N6O2. The quantitative estimate of drug-likeness (QED) is 0.560. The zero-order valence-electron chi connectivity index (χ0n) is 23.9. The van der Waals surface area contributed by atoms with E-state index in [1.54, 1.807) is 0 Å². The highest BCUT2D eigenvalue weighted by molar-refractivity contribution is 5.76. The number of aryl methyl sites for hydroxylation is 1. The molecule has 0 radical (unpaired) electrons. The van der Waals surface area contributed by atoms with Crippen molar-refractivity contribution in [1.29, 1.82) is 0 Å². The standard InChI is InChI=1S/C31H38F2N6O2/c1-20-6-9-34-28-26(20)30(41-31(28)18-40-19-31)7-10-38(11-8-30)25-16-23-21(27(35-25)29(32)33)4-3-5-22-24(17-39(22)23)37-14-12-36(2)13-15-37/h3-4,6,9,16,22,24,29H,5,7-8,10-15,17-19H2,1-2H3. The van der Waals surface area contributed by atoms with E-state index in [2.05, 4.69) is 56.8 Å². The Morgan fingerprint density at radius 3 is 2.51 bits per heavy atom. The number of pyridine rings is 2. The van der Waals surface area contributed by atoms with E-state index in [1.807, 2.05) is 12.3 Å². The predicted molar refractivity (Wildman–Crippen MR) is 153 cm³/mol. The van der Waals surface area contributed by atoms with Crippen LogP contribution in [-0.4, -0.2) is 97.9 Å². The molecule has 2 aromatic heterocycles. The Kier molecular flexibility index (Phi) is 5.98. The minimum atomic E-state index is -2.63. The Labute approximate surface area is 239 Å². The summed E-state index contributed by atoms with van der Waals surface area (Å²) in [4.78, 5) is 18.8. The number of aromatic nitrogens is 2. The number of rotatable bonds is 3. The van der Waals surface area contributed by atoms with Crippen LogP contribution in [0.25, 0.3) is 6.08 Å². The number of piperidine rings is 1. The number of halogens is 2. The van der Waals surface area contributed by atoms with Crippen molar-refractivity contribution in [2.45, 2.75) is 55.9 Å². The van der Waals surface area contributed by atoms with Crippen LogP contribution in [0, 0.1) is 6.92 Å². The third-order valence-corrected chi connectivity index (χ3v) is 10.5. The van der Waals surface area contributed by atoms with Gasteiger partial charge in [-0.1, -0.05) is 12.2 Å². The summed E-state index contributed by atoms with van der Waals surface area (Å²) in [6.45, 7) is 9.72. The molecule has 0 aliphatic carbocycles. The number of ether oxygens (including phenoxy) is 2. The van der Waals surface area contributed by atoms with Gasteiger partial charge in [-0.05, 0) is 44.9 Å². The molecule has 4 fully saturated rings. The highest BCUT2D eigenvalue weighted by Gasteiger charge is 2.59. The Bertz CT molecular complexity index is 1380. The van der Waals surface area contributed by atoms with Crippen LogP contribution in [0.5, 0.6) is 0 Å². The summed E-state index contributed by atoms with van der Waals surface area (Å²) in [6, 6.07) is 4.89. The lowest BCUT2D eigenvalue weighted by Crippen LogP contribution is -2.69. The van der Waals surface area contributed by atoms with E-state index in [0.29, 0.717) is 49.8 Å². The average molecular weight is 565 g/mol. The molecule has 2 aromatic rings. The zero-order chi connectivity index (χ0) is 27.9. The SMILES string of the molecule is Cc1ccnc2c1C1(CCN(c3cc4c(c(C(F)F)n3)C=CCC3C(N5CCN(C)CC5)CN43)CC1)OC21COC1. The van der Waals surface area contributed by atoms with Crippen LogP contribution in [0.2, 0.25) is 0 Å². The lowest BCUT2D eigenvalue weighted by molar-refractivity contribution is -0.260. The third-order valence-electron chi connectivity index (χ3n) is 10.5. The molecule has 2 atom stereocenters. The zero-order valence-corrected chi connectivity index (χ0v) is 23.9. The smallest absolute Gasteiger partial charge is 0.281 e. The van der Waals surface area contributed by atoms with Crippen LogP contribution >= 0.6 is 0 Å². The average Bonchev–Trinajstić information content (AvgIpc) is 3.15. The highest BCUT2D eigenvalue weighted by Crippen LogP contribution is 2.55. The molecule has 8 nitrogen and oxygen atoms in total. The summed E-state index contributed by atoms with van der Waals surface area (Å²) >= 11 is 0. The highest BCUT2D eigenvalue weighted by atomic mass is 19.3. The fraction of sp³-hybridized carbons (Fsp3) is 0.613. The first-order valence-electron chi connectivity index (χ1n) is 15.1. The lowest BCUT2D eigenvalue weighted by atomic mass is 9.81.